The van der Waals surface area contributed by atoms with E-state index in [0.29, 0.717) is 61.6 Å². The van der Waals surface area contributed by atoms with Gasteiger partial charge in [-0.1, -0.05) is 25.2 Å². The van der Waals surface area contributed by atoms with E-state index >= 15 is 0 Å². The largest absolute Gasteiger partial charge is 0.486 e. The highest BCUT2D eigenvalue weighted by Gasteiger charge is 2.28. The molecule has 40 heavy (non-hydrogen) atoms. The number of likely N-dealkylation sites (N-methyl/N-ethyl adjacent to an activating group) is 2. The summed E-state index contributed by atoms with van der Waals surface area (Å²) in [5, 5.41) is 0.572. The van der Waals surface area contributed by atoms with Gasteiger partial charge in [-0.05, 0) is 50.2 Å². The highest BCUT2D eigenvalue weighted by Crippen LogP contribution is 2.39. The molecule has 216 valence electrons. The topological polar surface area (TPSA) is 102 Å². The molecule has 0 spiro atoms. The molecule has 0 bridgehead atoms. The number of benzene rings is 2. The first-order chi connectivity index (χ1) is 19.3. The Labute approximate surface area is 239 Å². The predicted molar refractivity (Wildman–Crippen MR) is 155 cm³/mol. The minimum absolute atomic E-state index is 0.0857. The third-order valence-electron chi connectivity index (χ3n) is 7.35. The van der Waals surface area contributed by atoms with Crippen molar-refractivity contribution in [2.45, 2.75) is 37.7 Å². The molecule has 1 atom stereocenters. The van der Waals surface area contributed by atoms with Gasteiger partial charge in [-0.25, -0.2) is 13.4 Å². The molecule has 2 aliphatic heterocycles. The lowest BCUT2D eigenvalue weighted by Crippen LogP contribution is -2.39. The molecule has 12 heteroatoms. The fourth-order valence-electron chi connectivity index (χ4n) is 4.91. The summed E-state index contributed by atoms with van der Waals surface area (Å²) in [6, 6.07) is 9.91. The molecule has 0 aliphatic carbocycles. The van der Waals surface area contributed by atoms with E-state index in [2.05, 4.69) is 18.7 Å². The van der Waals surface area contributed by atoms with Crippen LogP contribution in [-0.2, 0) is 14.8 Å². The van der Waals surface area contributed by atoms with E-state index in [9.17, 15) is 13.2 Å². The smallest absolute Gasteiger partial charge is 0.260 e. The molecule has 3 aromatic rings. The molecular formula is C28H36N4O6S2. The number of thiazole rings is 1. The third kappa shape index (κ3) is 6.10. The summed E-state index contributed by atoms with van der Waals surface area (Å²) in [4.78, 5) is 22.7. The van der Waals surface area contributed by atoms with Gasteiger partial charge in [0.2, 0.25) is 10.0 Å². The number of rotatable bonds is 11. The van der Waals surface area contributed by atoms with Crippen LogP contribution in [0.4, 0.5) is 5.13 Å². The summed E-state index contributed by atoms with van der Waals surface area (Å²) in [6.45, 7) is 8.98. The lowest BCUT2D eigenvalue weighted by molar-refractivity contribution is 0.0978. The van der Waals surface area contributed by atoms with E-state index in [-0.39, 0.29) is 16.9 Å². The van der Waals surface area contributed by atoms with Crippen molar-refractivity contribution in [1.82, 2.24) is 14.2 Å². The number of anilines is 1. The van der Waals surface area contributed by atoms with Crippen LogP contribution in [0.3, 0.4) is 0 Å². The first-order valence-electron chi connectivity index (χ1n) is 13.7. The Morgan fingerprint density at radius 1 is 1.02 bits per heavy atom. The molecule has 0 saturated carbocycles. The maximum Gasteiger partial charge on any atom is 0.260 e. The molecule has 1 unspecified atom stereocenters. The second-order valence-corrected chi connectivity index (χ2v) is 12.9. The molecule has 5 rings (SSSR count). The number of fused-ring (bicyclic) bond motifs is 2. The van der Waals surface area contributed by atoms with Gasteiger partial charge in [-0.15, -0.1) is 0 Å². The average molecular weight is 589 g/mol. The van der Waals surface area contributed by atoms with Crippen LogP contribution >= 0.6 is 11.3 Å². The SMILES string of the molecule is CCN(CC)CCN(C(=O)c1ccc(S(=O)(=O)N(C)CC2CCCO2)cc1)c1nc2cc3c(cc2s1)OCCO3. The number of amides is 1. The fraction of sp³-hybridized carbons (Fsp3) is 0.500. The number of hydrogen-bond acceptors (Lipinski definition) is 9. The highest BCUT2D eigenvalue weighted by atomic mass is 32.2. The third-order valence-corrected chi connectivity index (χ3v) is 10.2. The molecule has 2 aliphatic rings. The van der Waals surface area contributed by atoms with E-state index < -0.39 is 10.0 Å². The Kier molecular flexibility index (Phi) is 8.91. The van der Waals surface area contributed by atoms with Crippen LogP contribution in [0.1, 0.15) is 37.0 Å². The molecule has 1 saturated heterocycles. The van der Waals surface area contributed by atoms with Gasteiger partial charge in [0, 0.05) is 51.0 Å². The Bertz CT molecular complexity index is 1390. The maximum absolute atomic E-state index is 13.8. The minimum Gasteiger partial charge on any atom is -0.486 e. The van der Waals surface area contributed by atoms with Crippen molar-refractivity contribution in [3.8, 4) is 11.5 Å². The van der Waals surface area contributed by atoms with E-state index in [1.54, 1.807) is 24.1 Å². The zero-order valence-corrected chi connectivity index (χ0v) is 24.8. The van der Waals surface area contributed by atoms with E-state index in [0.717, 1.165) is 36.1 Å². The Hall–Kier alpha value is -2.77. The number of carbonyl (C=O) groups is 1. The standard InChI is InChI=1S/C28H36N4O6S2/c1-4-31(5-2)12-13-32(28-29-23-17-24-25(18-26(23)39-28)38-16-15-37-24)27(33)20-8-10-22(11-9-20)40(34,35)30(3)19-21-7-6-14-36-21/h8-11,17-18,21H,4-7,12-16,19H2,1-3H3. The Morgan fingerprint density at radius 3 is 2.38 bits per heavy atom. The molecular weight excluding hydrogens is 552 g/mol. The predicted octanol–water partition coefficient (Wildman–Crippen LogP) is 3.86. The number of carbonyl (C=O) groups excluding carboxylic acids is 1. The van der Waals surface area contributed by atoms with Crippen molar-refractivity contribution >= 4 is 42.6 Å². The fourth-order valence-corrected chi connectivity index (χ4v) is 7.11. The van der Waals surface area contributed by atoms with Crippen LogP contribution in [0.2, 0.25) is 0 Å². The molecule has 0 N–H and O–H groups in total. The maximum atomic E-state index is 13.8. The normalized spacial score (nSPS) is 17.2. The van der Waals surface area contributed by atoms with Gasteiger partial charge in [0.15, 0.2) is 16.6 Å². The summed E-state index contributed by atoms with van der Waals surface area (Å²) < 4.78 is 45.6. The summed E-state index contributed by atoms with van der Waals surface area (Å²) in [6.07, 6.45) is 1.71. The van der Waals surface area contributed by atoms with Crippen molar-refractivity contribution in [3.63, 3.8) is 0 Å². The van der Waals surface area contributed by atoms with Crippen LogP contribution in [0.25, 0.3) is 10.2 Å². The quantitative estimate of drug-likeness (QED) is 0.333. The second-order valence-electron chi connectivity index (χ2n) is 9.89. The number of hydrogen-bond donors (Lipinski definition) is 0. The van der Waals surface area contributed by atoms with Crippen LogP contribution < -0.4 is 14.4 Å². The van der Waals surface area contributed by atoms with E-state index in [1.165, 1.54) is 27.8 Å². The van der Waals surface area contributed by atoms with Gasteiger partial charge in [-0.2, -0.15) is 4.31 Å². The molecule has 1 amide bonds. The molecule has 1 aromatic heterocycles. The first kappa shape index (κ1) is 28.7. The Morgan fingerprint density at radius 2 is 1.73 bits per heavy atom. The lowest BCUT2D eigenvalue weighted by Gasteiger charge is -2.25. The van der Waals surface area contributed by atoms with Gasteiger partial charge in [0.25, 0.3) is 5.91 Å². The molecule has 2 aromatic carbocycles. The number of aromatic nitrogens is 1. The van der Waals surface area contributed by atoms with Gasteiger partial charge in [0.05, 0.1) is 21.2 Å². The molecule has 3 heterocycles. The molecule has 10 nitrogen and oxygen atoms in total. The van der Waals surface area contributed by atoms with Crippen molar-refractivity contribution in [1.29, 1.82) is 0 Å². The van der Waals surface area contributed by atoms with Gasteiger partial charge < -0.3 is 19.1 Å². The Balaban J connectivity index is 1.40. The number of ether oxygens (including phenoxy) is 3. The summed E-state index contributed by atoms with van der Waals surface area (Å²) in [7, 11) is -2.15. The highest BCUT2D eigenvalue weighted by molar-refractivity contribution is 7.89. The summed E-state index contributed by atoms with van der Waals surface area (Å²) in [5.74, 6) is 1.09. The van der Waals surface area contributed by atoms with Gasteiger partial charge in [-0.3, -0.25) is 9.69 Å². The van der Waals surface area contributed by atoms with Crippen LogP contribution in [0, 0.1) is 0 Å². The summed E-state index contributed by atoms with van der Waals surface area (Å²) in [5.41, 5.74) is 1.13. The number of nitrogens with zero attached hydrogens (tertiary/aromatic N) is 4. The van der Waals surface area contributed by atoms with Crippen LogP contribution in [0.15, 0.2) is 41.3 Å². The first-order valence-corrected chi connectivity index (χ1v) is 16.0. The van der Waals surface area contributed by atoms with Crippen molar-refractivity contribution in [2.24, 2.45) is 0 Å². The van der Waals surface area contributed by atoms with Crippen molar-refractivity contribution in [3.05, 3.63) is 42.0 Å². The van der Waals surface area contributed by atoms with E-state index in [4.69, 9.17) is 19.2 Å². The van der Waals surface area contributed by atoms with Crippen molar-refractivity contribution in [2.75, 3.05) is 64.5 Å². The minimum atomic E-state index is -3.71. The second kappa shape index (κ2) is 12.4. The van der Waals surface area contributed by atoms with Crippen LogP contribution in [0.5, 0.6) is 11.5 Å². The molecule has 1 fully saturated rings. The zero-order chi connectivity index (χ0) is 28.3. The van der Waals surface area contributed by atoms with Gasteiger partial charge in [0.1, 0.15) is 13.2 Å². The monoisotopic (exact) mass is 588 g/mol. The average Bonchev–Trinajstić information content (AvgIpc) is 3.63. The summed E-state index contributed by atoms with van der Waals surface area (Å²) >= 11 is 1.42. The zero-order valence-electron chi connectivity index (χ0n) is 23.2. The van der Waals surface area contributed by atoms with Crippen molar-refractivity contribution < 1.29 is 27.4 Å². The van der Waals surface area contributed by atoms with E-state index in [1.807, 2.05) is 12.1 Å². The molecule has 0 radical (unpaired) electrons. The van der Waals surface area contributed by atoms with Gasteiger partial charge >= 0.3 is 0 Å². The van der Waals surface area contributed by atoms with Crippen LogP contribution in [-0.4, -0.2) is 94.2 Å². The number of sulfonamides is 1. The lowest BCUT2D eigenvalue weighted by atomic mass is 10.2.